The van der Waals surface area contributed by atoms with Crippen LogP contribution in [-0.2, 0) is 0 Å². The van der Waals surface area contributed by atoms with Gasteiger partial charge in [-0.15, -0.1) is 11.3 Å². The van der Waals surface area contributed by atoms with Crippen molar-refractivity contribution in [1.82, 2.24) is 9.97 Å². The van der Waals surface area contributed by atoms with Crippen molar-refractivity contribution in [3.05, 3.63) is 34.7 Å². The molecule has 0 saturated heterocycles. The molecule has 4 nitrogen and oxygen atoms in total. The molecule has 0 fully saturated rings. The fourth-order valence-corrected chi connectivity index (χ4v) is 2.59. The highest BCUT2D eigenvalue weighted by molar-refractivity contribution is 7.10. The summed E-state index contributed by atoms with van der Waals surface area (Å²) in [7, 11) is 0. The van der Waals surface area contributed by atoms with Crippen LogP contribution in [0.25, 0.3) is 0 Å². The minimum absolute atomic E-state index is 0.314. The Hall–Kier alpha value is -1.62. The van der Waals surface area contributed by atoms with E-state index < -0.39 is 0 Å². The quantitative estimate of drug-likeness (QED) is 0.836. The maximum atomic E-state index is 4.43. The topological polar surface area (TPSA) is 49.8 Å². The van der Waals surface area contributed by atoms with E-state index in [1.807, 2.05) is 13.0 Å². The van der Waals surface area contributed by atoms with Gasteiger partial charge in [0.25, 0.3) is 0 Å². The Labute approximate surface area is 111 Å². The SMILES string of the molecule is CCNc1nccc(NC(CC)c2cccs2)n1. The standard InChI is InChI=1S/C13H18N4S/c1-3-10(11-6-5-9-18-11)16-12-7-8-15-13(17-12)14-4-2/h5-10H,3-4H2,1-2H3,(H2,14,15,16,17). The van der Waals surface area contributed by atoms with Crippen LogP contribution < -0.4 is 10.6 Å². The van der Waals surface area contributed by atoms with Crippen molar-refractivity contribution in [2.75, 3.05) is 17.2 Å². The zero-order valence-electron chi connectivity index (χ0n) is 10.7. The molecule has 0 aliphatic carbocycles. The van der Waals surface area contributed by atoms with Crippen LogP contribution >= 0.6 is 11.3 Å². The minimum Gasteiger partial charge on any atom is -0.362 e. The molecule has 1 atom stereocenters. The van der Waals surface area contributed by atoms with E-state index in [0.717, 1.165) is 18.8 Å². The summed E-state index contributed by atoms with van der Waals surface area (Å²) in [5.74, 6) is 1.53. The number of nitrogens with one attached hydrogen (secondary N) is 2. The van der Waals surface area contributed by atoms with Crippen molar-refractivity contribution in [3.63, 3.8) is 0 Å². The molecule has 2 aromatic heterocycles. The molecular formula is C13H18N4S. The maximum Gasteiger partial charge on any atom is 0.224 e. The van der Waals surface area contributed by atoms with Gasteiger partial charge >= 0.3 is 0 Å². The fourth-order valence-electron chi connectivity index (χ4n) is 1.72. The normalized spacial score (nSPS) is 12.1. The molecule has 18 heavy (non-hydrogen) atoms. The van der Waals surface area contributed by atoms with Crippen molar-refractivity contribution >= 4 is 23.1 Å². The molecule has 1 unspecified atom stereocenters. The molecule has 0 amide bonds. The Bertz CT molecular complexity index is 470. The van der Waals surface area contributed by atoms with Crippen LogP contribution in [0.3, 0.4) is 0 Å². The second-order valence-electron chi connectivity index (χ2n) is 3.92. The Morgan fingerprint density at radius 2 is 2.22 bits per heavy atom. The third-order valence-electron chi connectivity index (χ3n) is 2.61. The number of hydrogen-bond donors (Lipinski definition) is 2. The molecule has 0 aromatic carbocycles. The average Bonchev–Trinajstić information content (AvgIpc) is 2.90. The van der Waals surface area contributed by atoms with E-state index in [1.165, 1.54) is 4.88 Å². The lowest BCUT2D eigenvalue weighted by Crippen LogP contribution is -2.11. The molecule has 0 saturated carbocycles. The molecule has 5 heteroatoms. The monoisotopic (exact) mass is 262 g/mol. The number of thiophene rings is 1. The Morgan fingerprint density at radius 3 is 2.89 bits per heavy atom. The van der Waals surface area contributed by atoms with Gasteiger partial charge in [-0.05, 0) is 30.9 Å². The van der Waals surface area contributed by atoms with E-state index in [1.54, 1.807) is 17.5 Å². The van der Waals surface area contributed by atoms with E-state index in [9.17, 15) is 0 Å². The predicted octanol–water partition coefficient (Wildman–Crippen LogP) is 3.53. The Kier molecular flexibility index (Phi) is 4.52. The first-order valence-electron chi connectivity index (χ1n) is 6.20. The third kappa shape index (κ3) is 3.20. The summed E-state index contributed by atoms with van der Waals surface area (Å²) >= 11 is 1.77. The molecule has 96 valence electrons. The van der Waals surface area contributed by atoms with E-state index >= 15 is 0 Å². The van der Waals surface area contributed by atoms with Crippen LogP contribution in [0, 0.1) is 0 Å². The highest BCUT2D eigenvalue weighted by Crippen LogP contribution is 2.25. The van der Waals surface area contributed by atoms with Gasteiger partial charge in [0, 0.05) is 17.6 Å². The van der Waals surface area contributed by atoms with Crippen molar-refractivity contribution in [2.45, 2.75) is 26.3 Å². The first-order valence-corrected chi connectivity index (χ1v) is 7.08. The van der Waals surface area contributed by atoms with Crippen LogP contribution in [0.4, 0.5) is 11.8 Å². The zero-order chi connectivity index (χ0) is 12.8. The van der Waals surface area contributed by atoms with Gasteiger partial charge in [-0.2, -0.15) is 4.98 Å². The van der Waals surface area contributed by atoms with Crippen molar-refractivity contribution in [2.24, 2.45) is 0 Å². The minimum atomic E-state index is 0.314. The summed E-state index contributed by atoms with van der Waals surface area (Å²) in [4.78, 5) is 9.93. The van der Waals surface area contributed by atoms with Gasteiger partial charge in [-0.1, -0.05) is 13.0 Å². The van der Waals surface area contributed by atoms with Gasteiger partial charge < -0.3 is 10.6 Å². The molecule has 2 N–H and O–H groups in total. The van der Waals surface area contributed by atoms with Crippen LogP contribution in [-0.4, -0.2) is 16.5 Å². The van der Waals surface area contributed by atoms with E-state index in [-0.39, 0.29) is 0 Å². The number of aromatic nitrogens is 2. The lowest BCUT2D eigenvalue weighted by atomic mass is 10.2. The van der Waals surface area contributed by atoms with Crippen LogP contribution in [0.1, 0.15) is 31.2 Å². The summed E-state index contributed by atoms with van der Waals surface area (Å²) in [5.41, 5.74) is 0. The summed E-state index contributed by atoms with van der Waals surface area (Å²) in [6.07, 6.45) is 2.80. The maximum absolute atomic E-state index is 4.43. The summed E-state index contributed by atoms with van der Waals surface area (Å²) in [6.45, 7) is 5.03. The van der Waals surface area contributed by atoms with E-state index in [0.29, 0.717) is 12.0 Å². The van der Waals surface area contributed by atoms with Crippen molar-refractivity contribution < 1.29 is 0 Å². The number of rotatable bonds is 6. The first kappa shape index (κ1) is 12.8. The second-order valence-corrected chi connectivity index (χ2v) is 4.90. The van der Waals surface area contributed by atoms with E-state index in [2.05, 4.69) is 45.0 Å². The first-order chi connectivity index (χ1) is 8.83. The molecule has 0 aliphatic heterocycles. The number of anilines is 2. The Morgan fingerprint density at radius 1 is 1.33 bits per heavy atom. The summed E-state index contributed by atoms with van der Waals surface area (Å²) in [5, 5.41) is 8.66. The molecule has 2 rings (SSSR count). The average molecular weight is 262 g/mol. The fraction of sp³-hybridized carbons (Fsp3) is 0.385. The van der Waals surface area contributed by atoms with Crippen molar-refractivity contribution in [1.29, 1.82) is 0 Å². The largest absolute Gasteiger partial charge is 0.362 e. The van der Waals surface area contributed by atoms with Gasteiger partial charge in [-0.3, -0.25) is 0 Å². The third-order valence-corrected chi connectivity index (χ3v) is 3.59. The van der Waals surface area contributed by atoms with Crippen LogP contribution in [0.2, 0.25) is 0 Å². The zero-order valence-corrected chi connectivity index (χ0v) is 11.5. The molecule has 0 spiro atoms. The van der Waals surface area contributed by atoms with Gasteiger partial charge in [0.05, 0.1) is 6.04 Å². The number of hydrogen-bond acceptors (Lipinski definition) is 5. The summed E-state index contributed by atoms with van der Waals surface area (Å²) in [6, 6.07) is 6.44. The Balaban J connectivity index is 2.09. The van der Waals surface area contributed by atoms with E-state index in [4.69, 9.17) is 0 Å². The highest BCUT2D eigenvalue weighted by Gasteiger charge is 2.10. The predicted molar refractivity (Wildman–Crippen MR) is 77.2 cm³/mol. The van der Waals surface area contributed by atoms with Crippen LogP contribution in [0.15, 0.2) is 29.8 Å². The molecule has 0 aliphatic rings. The van der Waals surface area contributed by atoms with Crippen LogP contribution in [0.5, 0.6) is 0 Å². The second kappa shape index (κ2) is 6.35. The number of nitrogens with zero attached hydrogens (tertiary/aromatic N) is 2. The van der Waals surface area contributed by atoms with Gasteiger partial charge in [0.2, 0.25) is 5.95 Å². The lowest BCUT2D eigenvalue weighted by molar-refractivity contribution is 0.758. The molecule has 0 bridgehead atoms. The summed E-state index contributed by atoms with van der Waals surface area (Å²) < 4.78 is 0. The molecular weight excluding hydrogens is 244 g/mol. The lowest BCUT2D eigenvalue weighted by Gasteiger charge is -2.16. The van der Waals surface area contributed by atoms with Gasteiger partial charge in [0.1, 0.15) is 5.82 Å². The molecule has 0 radical (unpaired) electrons. The van der Waals surface area contributed by atoms with Crippen molar-refractivity contribution in [3.8, 4) is 0 Å². The molecule has 2 aromatic rings. The highest BCUT2D eigenvalue weighted by atomic mass is 32.1. The van der Waals surface area contributed by atoms with Gasteiger partial charge in [0.15, 0.2) is 0 Å². The smallest absolute Gasteiger partial charge is 0.224 e. The molecule has 2 heterocycles. The van der Waals surface area contributed by atoms with Gasteiger partial charge in [-0.25, -0.2) is 4.98 Å².